The molecule has 0 aliphatic carbocycles. The highest BCUT2D eigenvalue weighted by Gasteiger charge is 2.21. The number of fused-ring (bicyclic) bond motifs is 1. The van der Waals surface area contributed by atoms with Gasteiger partial charge in [-0.15, -0.1) is 24.0 Å². The number of nitrogens with one attached hydrogen (secondary N) is 1. The number of nitrogens with zero attached hydrogens (tertiary/aromatic N) is 3. The first kappa shape index (κ1) is 23.3. The molecule has 2 aliphatic rings. The molecule has 0 saturated carbocycles. The molecule has 168 valence electrons. The van der Waals surface area contributed by atoms with Gasteiger partial charge >= 0.3 is 0 Å². The minimum absolute atomic E-state index is 0. The molecule has 8 heteroatoms. The minimum Gasteiger partial charge on any atom is -0.506 e. The number of guanidine groups is 1. The molecule has 2 aliphatic heterocycles. The van der Waals surface area contributed by atoms with Crippen LogP contribution in [0.3, 0.4) is 0 Å². The molecule has 0 aromatic heterocycles. The molecule has 0 amide bonds. The summed E-state index contributed by atoms with van der Waals surface area (Å²) in [5.74, 6) is 2.87. The van der Waals surface area contributed by atoms with Crippen LogP contribution in [0.15, 0.2) is 47.5 Å². The number of ether oxygens (including phenoxy) is 2. The average Bonchev–Trinajstić information content (AvgIpc) is 3.02. The van der Waals surface area contributed by atoms with Crippen molar-refractivity contribution in [2.24, 2.45) is 4.99 Å². The highest BCUT2D eigenvalue weighted by Crippen LogP contribution is 2.31. The van der Waals surface area contributed by atoms with Crippen molar-refractivity contribution < 1.29 is 14.6 Å². The van der Waals surface area contributed by atoms with E-state index in [4.69, 9.17) is 14.5 Å². The molecular formula is C23H31IN4O3. The van der Waals surface area contributed by atoms with Crippen LogP contribution in [0.4, 0.5) is 5.69 Å². The molecule has 0 bridgehead atoms. The SMILES string of the molecule is CCNC(=NCc1ccc2c(c1)OCCCO2)N1CCN(c2ccccc2O)CC1.I. The number of para-hydroxylation sites is 2. The molecule has 2 heterocycles. The monoisotopic (exact) mass is 538 g/mol. The van der Waals surface area contributed by atoms with Crippen LogP contribution in [-0.2, 0) is 6.54 Å². The van der Waals surface area contributed by atoms with Crippen molar-refractivity contribution in [3.63, 3.8) is 0 Å². The van der Waals surface area contributed by atoms with Crippen molar-refractivity contribution >= 4 is 35.6 Å². The minimum atomic E-state index is 0. The number of aliphatic imine (C=N–C) groups is 1. The molecule has 7 nitrogen and oxygen atoms in total. The van der Waals surface area contributed by atoms with Gasteiger partial charge in [-0.3, -0.25) is 0 Å². The summed E-state index contributed by atoms with van der Waals surface area (Å²) in [4.78, 5) is 9.36. The Morgan fingerprint density at radius 1 is 1.03 bits per heavy atom. The Kier molecular flexibility index (Phi) is 8.51. The molecule has 31 heavy (non-hydrogen) atoms. The predicted molar refractivity (Wildman–Crippen MR) is 134 cm³/mol. The topological polar surface area (TPSA) is 69.6 Å². The van der Waals surface area contributed by atoms with Gasteiger partial charge in [-0.1, -0.05) is 18.2 Å². The van der Waals surface area contributed by atoms with Crippen LogP contribution < -0.4 is 19.7 Å². The van der Waals surface area contributed by atoms with E-state index < -0.39 is 0 Å². The summed E-state index contributed by atoms with van der Waals surface area (Å²) in [6.07, 6.45) is 0.902. The Balaban J connectivity index is 0.00000272. The van der Waals surface area contributed by atoms with Crippen molar-refractivity contribution in [2.75, 3.05) is 50.8 Å². The average molecular weight is 538 g/mol. The fourth-order valence-corrected chi connectivity index (χ4v) is 3.79. The quantitative estimate of drug-likeness (QED) is 0.353. The lowest BCUT2D eigenvalue weighted by Gasteiger charge is -2.37. The molecule has 2 aromatic carbocycles. The van der Waals surface area contributed by atoms with E-state index >= 15 is 0 Å². The normalized spacial score (nSPS) is 16.4. The maximum atomic E-state index is 10.1. The van der Waals surface area contributed by atoms with E-state index in [1.54, 1.807) is 6.07 Å². The Morgan fingerprint density at radius 3 is 2.52 bits per heavy atom. The van der Waals surface area contributed by atoms with E-state index in [9.17, 15) is 5.11 Å². The second-order valence-corrected chi connectivity index (χ2v) is 7.46. The van der Waals surface area contributed by atoms with Crippen LogP contribution in [0, 0.1) is 0 Å². The standard InChI is InChI=1S/C23H30N4O3.HI/c1-2-24-23(25-17-18-8-9-21-22(16-18)30-15-5-14-29-21)27-12-10-26(11-13-27)19-6-3-4-7-20(19)28;/h3-4,6-9,16,28H,2,5,10-15,17H2,1H3,(H,24,25);1H. The largest absolute Gasteiger partial charge is 0.506 e. The van der Waals surface area contributed by atoms with E-state index in [2.05, 4.69) is 28.1 Å². The molecule has 2 N–H and O–H groups in total. The van der Waals surface area contributed by atoms with E-state index in [-0.39, 0.29) is 24.0 Å². The molecule has 0 spiro atoms. The molecule has 0 radical (unpaired) electrons. The number of phenolic OH excluding ortho intramolecular Hbond substituents is 1. The number of benzene rings is 2. The first-order valence-corrected chi connectivity index (χ1v) is 10.7. The highest BCUT2D eigenvalue weighted by molar-refractivity contribution is 14.0. The third kappa shape index (κ3) is 5.87. The third-order valence-electron chi connectivity index (χ3n) is 5.36. The number of hydrogen-bond donors (Lipinski definition) is 2. The van der Waals surface area contributed by atoms with Gasteiger partial charge in [0.2, 0.25) is 0 Å². The van der Waals surface area contributed by atoms with Gasteiger partial charge in [0, 0.05) is 39.1 Å². The van der Waals surface area contributed by atoms with Crippen molar-refractivity contribution in [2.45, 2.75) is 19.9 Å². The third-order valence-corrected chi connectivity index (χ3v) is 5.36. The van der Waals surface area contributed by atoms with Crippen molar-refractivity contribution in [3.05, 3.63) is 48.0 Å². The van der Waals surface area contributed by atoms with Gasteiger partial charge in [0.15, 0.2) is 17.5 Å². The Labute approximate surface area is 201 Å². The fourth-order valence-electron chi connectivity index (χ4n) is 3.79. The van der Waals surface area contributed by atoms with Crippen LogP contribution >= 0.6 is 24.0 Å². The fraction of sp³-hybridized carbons (Fsp3) is 0.435. The van der Waals surface area contributed by atoms with Crippen LogP contribution in [0.1, 0.15) is 18.9 Å². The lowest BCUT2D eigenvalue weighted by atomic mass is 10.2. The zero-order valence-electron chi connectivity index (χ0n) is 17.9. The van der Waals surface area contributed by atoms with Crippen molar-refractivity contribution in [3.8, 4) is 17.2 Å². The second-order valence-electron chi connectivity index (χ2n) is 7.46. The number of hydrogen-bond acceptors (Lipinski definition) is 5. The maximum absolute atomic E-state index is 10.1. The summed E-state index contributed by atoms with van der Waals surface area (Å²) in [6, 6.07) is 13.6. The van der Waals surface area contributed by atoms with Gasteiger partial charge in [-0.2, -0.15) is 0 Å². The van der Waals surface area contributed by atoms with Crippen LogP contribution in [0.2, 0.25) is 0 Å². The van der Waals surface area contributed by atoms with Crippen LogP contribution in [0.5, 0.6) is 17.2 Å². The van der Waals surface area contributed by atoms with Gasteiger partial charge < -0.3 is 29.7 Å². The van der Waals surface area contributed by atoms with Crippen LogP contribution in [-0.4, -0.2) is 61.9 Å². The number of piperazine rings is 1. The maximum Gasteiger partial charge on any atom is 0.194 e. The molecule has 4 rings (SSSR count). The van der Waals surface area contributed by atoms with Gasteiger partial charge in [-0.05, 0) is 36.8 Å². The molecule has 0 unspecified atom stereocenters. The first-order valence-electron chi connectivity index (χ1n) is 10.7. The number of aromatic hydroxyl groups is 1. The Bertz CT molecular complexity index is 885. The van der Waals surface area contributed by atoms with Crippen LogP contribution in [0.25, 0.3) is 0 Å². The van der Waals surface area contributed by atoms with Gasteiger partial charge in [0.05, 0.1) is 25.4 Å². The summed E-state index contributed by atoms with van der Waals surface area (Å²) in [6.45, 7) is 8.24. The zero-order valence-corrected chi connectivity index (χ0v) is 20.2. The zero-order chi connectivity index (χ0) is 20.8. The Morgan fingerprint density at radius 2 is 1.77 bits per heavy atom. The van der Waals surface area contributed by atoms with Crippen molar-refractivity contribution in [1.82, 2.24) is 10.2 Å². The van der Waals surface area contributed by atoms with Gasteiger partial charge in [-0.25, -0.2) is 4.99 Å². The van der Waals surface area contributed by atoms with E-state index in [1.807, 2.05) is 30.3 Å². The number of phenols is 1. The summed E-state index contributed by atoms with van der Waals surface area (Å²) in [5.41, 5.74) is 1.99. The molecular weight excluding hydrogens is 507 g/mol. The molecule has 1 saturated heterocycles. The summed E-state index contributed by atoms with van der Waals surface area (Å²) < 4.78 is 11.5. The number of anilines is 1. The van der Waals surface area contributed by atoms with E-state index in [0.717, 1.165) is 67.9 Å². The predicted octanol–water partition coefficient (Wildman–Crippen LogP) is 3.46. The van der Waals surface area contributed by atoms with E-state index in [1.165, 1.54) is 0 Å². The lowest BCUT2D eigenvalue weighted by Crippen LogP contribution is -2.52. The van der Waals surface area contributed by atoms with Crippen molar-refractivity contribution in [1.29, 1.82) is 0 Å². The highest BCUT2D eigenvalue weighted by atomic mass is 127. The molecule has 0 atom stereocenters. The van der Waals surface area contributed by atoms with Gasteiger partial charge in [0.1, 0.15) is 5.75 Å². The number of halogens is 1. The smallest absolute Gasteiger partial charge is 0.194 e. The Hall–Kier alpha value is -2.36. The number of rotatable bonds is 4. The molecule has 2 aromatic rings. The van der Waals surface area contributed by atoms with Gasteiger partial charge in [0.25, 0.3) is 0 Å². The summed E-state index contributed by atoms with van der Waals surface area (Å²) in [5, 5.41) is 13.5. The summed E-state index contributed by atoms with van der Waals surface area (Å²) in [7, 11) is 0. The first-order chi connectivity index (χ1) is 14.7. The van der Waals surface area contributed by atoms with E-state index in [0.29, 0.717) is 25.5 Å². The summed E-state index contributed by atoms with van der Waals surface area (Å²) >= 11 is 0. The molecule has 1 fully saturated rings. The second kappa shape index (κ2) is 11.3. The lowest BCUT2D eigenvalue weighted by molar-refractivity contribution is 0.297.